The highest BCUT2D eigenvalue weighted by molar-refractivity contribution is 5.43. The first kappa shape index (κ1) is 21.8. The zero-order chi connectivity index (χ0) is 20.9. The van der Waals surface area contributed by atoms with E-state index in [2.05, 4.69) is 27.2 Å². The number of benzene rings is 1. The quantitative estimate of drug-likeness (QED) is 0.623. The number of aliphatic hydroxyl groups excluding tert-OH is 1. The second-order valence-electron chi connectivity index (χ2n) is 8.99. The fourth-order valence-electron chi connectivity index (χ4n) is 5.40. The number of ether oxygens (including phenoxy) is 3. The van der Waals surface area contributed by atoms with Crippen LogP contribution in [0.5, 0.6) is 11.5 Å². The molecule has 2 aliphatic heterocycles. The van der Waals surface area contributed by atoms with Crippen LogP contribution in [0.1, 0.15) is 18.4 Å². The molecular formula is C23H37N3O4. The van der Waals surface area contributed by atoms with Crippen LogP contribution in [0.2, 0.25) is 0 Å². The summed E-state index contributed by atoms with van der Waals surface area (Å²) in [6.07, 6.45) is 2.50. The molecule has 1 aromatic rings. The van der Waals surface area contributed by atoms with E-state index in [-0.39, 0.29) is 6.61 Å². The van der Waals surface area contributed by atoms with Crippen molar-refractivity contribution in [1.29, 1.82) is 0 Å². The van der Waals surface area contributed by atoms with Gasteiger partial charge in [0.05, 0.1) is 13.2 Å². The SMILES string of the molecule is COc1cc(CN2C[C@H]3CC[C@@H](C2)C3OC)ccc1OCC(O)CN1CCNCC1. The molecule has 2 bridgehead atoms. The van der Waals surface area contributed by atoms with Gasteiger partial charge in [-0.15, -0.1) is 0 Å². The Morgan fingerprint density at radius 2 is 1.80 bits per heavy atom. The van der Waals surface area contributed by atoms with Crippen LogP contribution in [0.3, 0.4) is 0 Å². The summed E-state index contributed by atoms with van der Waals surface area (Å²) in [5.74, 6) is 2.75. The zero-order valence-electron chi connectivity index (χ0n) is 18.4. The van der Waals surface area contributed by atoms with Crippen LogP contribution in [-0.2, 0) is 11.3 Å². The Balaban J connectivity index is 1.29. The smallest absolute Gasteiger partial charge is 0.161 e. The first-order chi connectivity index (χ1) is 14.7. The molecule has 7 heteroatoms. The Kier molecular flexibility index (Phi) is 7.49. The highest BCUT2D eigenvalue weighted by Crippen LogP contribution is 2.39. The molecule has 1 saturated carbocycles. The summed E-state index contributed by atoms with van der Waals surface area (Å²) in [6.45, 7) is 7.94. The number of likely N-dealkylation sites (tertiary alicyclic amines) is 1. The van der Waals surface area contributed by atoms with Gasteiger partial charge in [0.25, 0.3) is 0 Å². The van der Waals surface area contributed by atoms with Crippen molar-refractivity contribution >= 4 is 0 Å². The number of nitrogens with zero attached hydrogens (tertiary/aromatic N) is 2. The molecule has 1 aromatic carbocycles. The van der Waals surface area contributed by atoms with E-state index in [1.54, 1.807) is 7.11 Å². The normalized spacial score (nSPS) is 28.4. The van der Waals surface area contributed by atoms with Crippen molar-refractivity contribution in [2.45, 2.75) is 31.6 Å². The van der Waals surface area contributed by atoms with Gasteiger partial charge in [-0.1, -0.05) is 6.07 Å². The van der Waals surface area contributed by atoms with Gasteiger partial charge in [-0.2, -0.15) is 0 Å². The van der Waals surface area contributed by atoms with Crippen LogP contribution >= 0.6 is 0 Å². The largest absolute Gasteiger partial charge is 0.493 e. The Morgan fingerprint density at radius 3 is 2.47 bits per heavy atom. The molecule has 0 aromatic heterocycles. The molecule has 0 spiro atoms. The number of hydrogen-bond donors (Lipinski definition) is 2. The summed E-state index contributed by atoms with van der Waals surface area (Å²) in [7, 11) is 3.53. The average Bonchev–Trinajstić information content (AvgIpc) is 3.02. The minimum Gasteiger partial charge on any atom is -0.493 e. The lowest BCUT2D eigenvalue weighted by atomic mass is 9.94. The van der Waals surface area contributed by atoms with Crippen molar-refractivity contribution < 1.29 is 19.3 Å². The van der Waals surface area contributed by atoms with Gasteiger partial charge >= 0.3 is 0 Å². The number of methoxy groups -OCH3 is 2. The molecule has 0 amide bonds. The molecular weight excluding hydrogens is 382 g/mol. The van der Waals surface area contributed by atoms with E-state index in [1.165, 1.54) is 18.4 Å². The van der Waals surface area contributed by atoms with Crippen LogP contribution in [0.4, 0.5) is 0 Å². The van der Waals surface area contributed by atoms with Gasteiger partial charge < -0.3 is 24.6 Å². The number of nitrogens with one attached hydrogen (secondary N) is 1. The van der Waals surface area contributed by atoms with Gasteiger partial charge in [-0.25, -0.2) is 0 Å². The number of β-amino-alcohol motifs (C(OH)–C–C–N with tert-alkyl or cyclic N) is 1. The fraction of sp³-hybridized carbons (Fsp3) is 0.739. The molecule has 3 aliphatic rings. The van der Waals surface area contributed by atoms with E-state index >= 15 is 0 Å². The first-order valence-corrected chi connectivity index (χ1v) is 11.3. The molecule has 4 atom stereocenters. The van der Waals surface area contributed by atoms with E-state index in [4.69, 9.17) is 14.2 Å². The van der Waals surface area contributed by atoms with Gasteiger partial charge in [0.1, 0.15) is 12.7 Å². The highest BCUT2D eigenvalue weighted by Gasteiger charge is 2.42. The van der Waals surface area contributed by atoms with Crippen LogP contribution < -0.4 is 14.8 Å². The molecule has 2 N–H and O–H groups in total. The van der Waals surface area contributed by atoms with Gasteiger partial charge in [0, 0.05) is 59.5 Å². The Labute approximate surface area is 180 Å². The van der Waals surface area contributed by atoms with Crippen molar-refractivity contribution in [3.8, 4) is 11.5 Å². The van der Waals surface area contributed by atoms with Gasteiger partial charge in [-0.05, 0) is 42.4 Å². The fourth-order valence-corrected chi connectivity index (χ4v) is 5.40. The molecule has 2 heterocycles. The monoisotopic (exact) mass is 419 g/mol. The molecule has 168 valence electrons. The van der Waals surface area contributed by atoms with Gasteiger partial charge in [0.2, 0.25) is 0 Å². The van der Waals surface area contributed by atoms with E-state index in [0.717, 1.165) is 51.6 Å². The second kappa shape index (κ2) is 10.3. The maximum absolute atomic E-state index is 10.3. The number of hydrogen-bond acceptors (Lipinski definition) is 7. The molecule has 3 fully saturated rings. The molecule has 2 saturated heterocycles. The zero-order valence-corrected chi connectivity index (χ0v) is 18.4. The Hall–Kier alpha value is -1.38. The molecule has 30 heavy (non-hydrogen) atoms. The summed E-state index contributed by atoms with van der Waals surface area (Å²) in [4.78, 5) is 4.81. The Bertz CT molecular complexity index is 668. The number of piperidine rings is 1. The van der Waals surface area contributed by atoms with Crippen LogP contribution in [-0.4, -0.2) is 93.8 Å². The van der Waals surface area contributed by atoms with Crippen LogP contribution in [0.15, 0.2) is 18.2 Å². The maximum Gasteiger partial charge on any atom is 0.161 e. The highest BCUT2D eigenvalue weighted by atomic mass is 16.5. The summed E-state index contributed by atoms with van der Waals surface area (Å²) >= 11 is 0. The summed E-state index contributed by atoms with van der Waals surface area (Å²) in [5, 5.41) is 13.7. The number of rotatable bonds is 9. The molecule has 1 aliphatic carbocycles. The van der Waals surface area contributed by atoms with Gasteiger partial charge in [-0.3, -0.25) is 9.80 Å². The summed E-state index contributed by atoms with van der Waals surface area (Å²) < 4.78 is 17.2. The number of aliphatic hydroxyl groups is 1. The van der Waals surface area contributed by atoms with Crippen molar-refractivity contribution in [2.75, 3.05) is 66.6 Å². The third kappa shape index (κ3) is 5.26. The lowest BCUT2D eigenvalue weighted by molar-refractivity contribution is -0.0180. The second-order valence-corrected chi connectivity index (χ2v) is 8.99. The summed E-state index contributed by atoms with van der Waals surface area (Å²) in [5.41, 5.74) is 1.23. The lowest BCUT2D eigenvalue weighted by Crippen LogP contribution is -2.47. The molecule has 4 rings (SSSR count). The predicted octanol–water partition coefficient (Wildman–Crippen LogP) is 1.20. The van der Waals surface area contributed by atoms with Gasteiger partial charge in [0.15, 0.2) is 11.5 Å². The molecule has 7 nitrogen and oxygen atoms in total. The average molecular weight is 420 g/mol. The first-order valence-electron chi connectivity index (χ1n) is 11.3. The van der Waals surface area contributed by atoms with Crippen molar-refractivity contribution in [2.24, 2.45) is 11.8 Å². The maximum atomic E-state index is 10.3. The Morgan fingerprint density at radius 1 is 1.07 bits per heavy atom. The van der Waals surface area contributed by atoms with E-state index in [1.807, 2.05) is 13.2 Å². The predicted molar refractivity (Wildman–Crippen MR) is 116 cm³/mol. The lowest BCUT2D eigenvalue weighted by Gasteiger charge is -2.37. The minimum atomic E-state index is -0.509. The van der Waals surface area contributed by atoms with Crippen molar-refractivity contribution in [1.82, 2.24) is 15.1 Å². The third-order valence-corrected chi connectivity index (χ3v) is 6.84. The van der Waals surface area contributed by atoms with Crippen LogP contribution in [0.25, 0.3) is 0 Å². The molecule has 2 unspecified atom stereocenters. The van der Waals surface area contributed by atoms with E-state index in [0.29, 0.717) is 30.2 Å². The van der Waals surface area contributed by atoms with Crippen molar-refractivity contribution in [3.05, 3.63) is 23.8 Å². The minimum absolute atomic E-state index is 0.271. The van der Waals surface area contributed by atoms with E-state index in [9.17, 15) is 5.11 Å². The number of piperazine rings is 1. The topological polar surface area (TPSA) is 66.4 Å². The van der Waals surface area contributed by atoms with E-state index < -0.39 is 6.10 Å². The standard InChI is InChI=1S/C23H37N3O4/c1-28-22-11-17(12-26-13-18-4-5-19(14-26)23(18)29-2)3-6-21(22)30-16-20(27)15-25-9-7-24-8-10-25/h3,6,11,18-20,23-24,27H,4-5,7-10,12-16H2,1-2H3/t18-,19+,20?,23?. The summed E-state index contributed by atoms with van der Waals surface area (Å²) in [6, 6.07) is 6.16. The van der Waals surface area contributed by atoms with Crippen molar-refractivity contribution in [3.63, 3.8) is 0 Å². The van der Waals surface area contributed by atoms with Crippen LogP contribution in [0, 0.1) is 11.8 Å². The third-order valence-electron chi connectivity index (χ3n) is 6.84. The number of fused-ring (bicyclic) bond motifs is 2. The molecule has 0 radical (unpaired) electrons.